The van der Waals surface area contributed by atoms with Crippen LogP contribution in [-0.4, -0.2) is 81.7 Å². The molecule has 3 aliphatic rings. The molecule has 0 radical (unpaired) electrons. The van der Waals surface area contributed by atoms with E-state index in [1.165, 1.54) is 13.2 Å². The first-order valence-corrected chi connectivity index (χ1v) is 15.9. The first-order chi connectivity index (χ1) is 21.2. The van der Waals surface area contributed by atoms with E-state index in [9.17, 15) is 24.6 Å². The molecule has 0 bridgehead atoms. The van der Waals surface area contributed by atoms with Gasteiger partial charge in [0.2, 0.25) is 11.8 Å². The highest BCUT2D eigenvalue weighted by molar-refractivity contribution is 6.00. The number of piperazine rings is 1. The van der Waals surface area contributed by atoms with E-state index in [0.717, 1.165) is 37.7 Å². The van der Waals surface area contributed by atoms with Gasteiger partial charge in [-0.1, -0.05) is 44.7 Å². The Morgan fingerprint density at radius 2 is 1.68 bits per heavy atom. The number of hydrogen-bond acceptors (Lipinski definition) is 7. The Bertz CT molecular complexity index is 1330. The second-order valence-electron chi connectivity index (χ2n) is 12.6. The van der Waals surface area contributed by atoms with Crippen molar-refractivity contribution in [2.24, 2.45) is 0 Å². The Morgan fingerprint density at radius 3 is 2.32 bits per heavy atom. The lowest BCUT2D eigenvalue weighted by Gasteiger charge is -2.52. The van der Waals surface area contributed by atoms with Gasteiger partial charge < -0.3 is 29.9 Å². The zero-order valence-corrected chi connectivity index (χ0v) is 25.8. The lowest BCUT2D eigenvalue weighted by molar-refractivity contribution is -0.163. The quantitative estimate of drug-likeness (QED) is 0.335. The fraction of sp³-hybridized carbons (Fsp3) is 0.559. The maximum absolute atomic E-state index is 13.8. The summed E-state index contributed by atoms with van der Waals surface area (Å²) in [5.41, 5.74) is -0.657. The molecule has 44 heavy (non-hydrogen) atoms. The third-order valence-electron chi connectivity index (χ3n) is 9.57. The Morgan fingerprint density at radius 1 is 1.00 bits per heavy atom. The van der Waals surface area contributed by atoms with E-state index in [2.05, 4.69) is 17.1 Å². The van der Waals surface area contributed by atoms with E-state index >= 15 is 0 Å². The molecule has 10 nitrogen and oxygen atoms in total. The lowest BCUT2D eigenvalue weighted by Crippen LogP contribution is -2.73. The first-order valence-electron chi connectivity index (χ1n) is 15.9. The fourth-order valence-electron chi connectivity index (χ4n) is 6.97. The standard InChI is InChI=1S/C34H45N3O7/c1-3-4-18-37-30(38)28(22-33(42)14-6-5-7-15-33)35-32(41)34(37)16-19-36(20-17-34)23-24-8-10-25(11-9-24)44-29-13-12-26(43-2)21-27(29)31(39)40/h8-13,21,28,42H,3-7,14-20,22-23H2,1-2H3,(H,35,41)(H,39,40)/t28-/m1/s1. The first kappa shape index (κ1) is 31.8. The number of benzene rings is 2. The molecule has 1 saturated carbocycles. The molecule has 2 aromatic carbocycles. The monoisotopic (exact) mass is 607 g/mol. The van der Waals surface area contributed by atoms with Crippen molar-refractivity contribution in [2.45, 2.75) is 94.9 Å². The minimum absolute atomic E-state index is 0.0186. The van der Waals surface area contributed by atoms with E-state index in [-0.39, 0.29) is 29.5 Å². The van der Waals surface area contributed by atoms with E-state index in [0.29, 0.717) is 63.4 Å². The smallest absolute Gasteiger partial charge is 0.339 e. The second-order valence-corrected chi connectivity index (χ2v) is 12.6. The summed E-state index contributed by atoms with van der Waals surface area (Å²) in [6.07, 6.45) is 7.54. The van der Waals surface area contributed by atoms with Crippen LogP contribution in [0.3, 0.4) is 0 Å². The molecular formula is C34H45N3O7. The number of carboxylic acid groups (broad SMARTS) is 1. The zero-order chi connectivity index (χ0) is 31.3. The predicted octanol–water partition coefficient (Wildman–Crippen LogP) is 4.73. The Kier molecular flexibility index (Phi) is 9.80. The van der Waals surface area contributed by atoms with Crippen molar-refractivity contribution in [3.8, 4) is 17.2 Å². The molecule has 3 fully saturated rings. The van der Waals surface area contributed by atoms with Crippen LogP contribution in [0.2, 0.25) is 0 Å². The number of carbonyl (C=O) groups excluding carboxylic acids is 2. The molecule has 0 aromatic heterocycles. The van der Waals surface area contributed by atoms with Gasteiger partial charge in [0.05, 0.1) is 12.7 Å². The zero-order valence-electron chi connectivity index (χ0n) is 25.8. The summed E-state index contributed by atoms with van der Waals surface area (Å²) in [7, 11) is 1.48. The summed E-state index contributed by atoms with van der Waals surface area (Å²) in [5.74, 6) is -0.0419. The largest absolute Gasteiger partial charge is 0.497 e. The highest BCUT2D eigenvalue weighted by Crippen LogP contribution is 2.38. The summed E-state index contributed by atoms with van der Waals surface area (Å²) in [6.45, 7) is 4.66. The third-order valence-corrected chi connectivity index (χ3v) is 9.57. The molecule has 2 saturated heterocycles. The molecule has 5 rings (SSSR count). The minimum Gasteiger partial charge on any atom is -0.497 e. The number of hydrogen-bond donors (Lipinski definition) is 3. The van der Waals surface area contributed by atoms with Gasteiger partial charge in [-0.25, -0.2) is 4.79 Å². The number of aliphatic hydroxyl groups is 1. The van der Waals surface area contributed by atoms with Crippen molar-refractivity contribution >= 4 is 17.8 Å². The highest BCUT2D eigenvalue weighted by Gasteiger charge is 2.54. The molecule has 238 valence electrons. The van der Waals surface area contributed by atoms with Gasteiger partial charge in [-0.15, -0.1) is 0 Å². The summed E-state index contributed by atoms with van der Waals surface area (Å²) in [6, 6.07) is 11.5. The van der Waals surface area contributed by atoms with Crippen LogP contribution in [0, 0.1) is 0 Å². The van der Waals surface area contributed by atoms with Crippen LogP contribution in [0.1, 0.15) is 87.1 Å². The molecule has 0 unspecified atom stereocenters. The average Bonchev–Trinajstić information content (AvgIpc) is 3.02. The van der Waals surface area contributed by atoms with Crippen LogP contribution in [0.5, 0.6) is 17.2 Å². The normalized spacial score (nSPS) is 21.6. The maximum Gasteiger partial charge on any atom is 0.339 e. The number of rotatable bonds is 11. The molecule has 1 aliphatic carbocycles. The van der Waals surface area contributed by atoms with Gasteiger partial charge in [0.25, 0.3) is 0 Å². The molecule has 2 aromatic rings. The molecule has 3 N–H and O–H groups in total. The van der Waals surface area contributed by atoms with Crippen LogP contribution in [-0.2, 0) is 16.1 Å². The third kappa shape index (κ3) is 6.86. The molecule has 1 atom stereocenters. The number of methoxy groups -OCH3 is 1. The van der Waals surface area contributed by atoms with Crippen LogP contribution < -0.4 is 14.8 Å². The van der Waals surface area contributed by atoms with Gasteiger partial charge in [-0.05, 0) is 68.0 Å². The predicted molar refractivity (Wildman–Crippen MR) is 165 cm³/mol. The maximum atomic E-state index is 13.8. The molecular weight excluding hydrogens is 562 g/mol. The number of aromatic carboxylic acids is 1. The summed E-state index contributed by atoms with van der Waals surface area (Å²) < 4.78 is 11.0. The van der Waals surface area contributed by atoms with Crippen LogP contribution in [0.25, 0.3) is 0 Å². The van der Waals surface area contributed by atoms with Crippen LogP contribution >= 0.6 is 0 Å². The van der Waals surface area contributed by atoms with E-state index in [4.69, 9.17) is 9.47 Å². The van der Waals surface area contributed by atoms with Gasteiger partial charge in [0, 0.05) is 32.6 Å². The number of carbonyl (C=O) groups is 3. The number of piperidine rings is 1. The topological polar surface area (TPSA) is 129 Å². The van der Waals surface area contributed by atoms with Gasteiger partial charge in [0.15, 0.2) is 0 Å². The Labute approximate surface area is 259 Å². The van der Waals surface area contributed by atoms with E-state index in [1.807, 2.05) is 29.2 Å². The minimum atomic E-state index is -1.10. The Hall–Kier alpha value is -3.63. The van der Waals surface area contributed by atoms with Gasteiger partial charge >= 0.3 is 5.97 Å². The van der Waals surface area contributed by atoms with Gasteiger partial charge in [-0.3, -0.25) is 14.5 Å². The number of nitrogens with one attached hydrogen (secondary N) is 1. The van der Waals surface area contributed by atoms with Crippen molar-refractivity contribution in [1.82, 2.24) is 15.1 Å². The van der Waals surface area contributed by atoms with E-state index in [1.54, 1.807) is 12.1 Å². The SMILES string of the molecule is CCCCN1C(=O)[C@@H](CC2(O)CCCCC2)NC(=O)C12CCN(Cc1ccc(Oc3ccc(OC)cc3C(=O)O)cc1)CC2. The van der Waals surface area contributed by atoms with Crippen molar-refractivity contribution in [1.29, 1.82) is 0 Å². The molecule has 10 heteroatoms. The number of unbranched alkanes of at least 4 members (excludes halogenated alkanes) is 1. The van der Waals surface area contributed by atoms with Crippen LogP contribution in [0.15, 0.2) is 42.5 Å². The molecule has 2 aliphatic heterocycles. The molecule has 2 heterocycles. The molecule has 2 amide bonds. The summed E-state index contributed by atoms with van der Waals surface area (Å²) in [5, 5.41) is 23.8. The van der Waals surface area contributed by atoms with Crippen LogP contribution in [0.4, 0.5) is 0 Å². The fourth-order valence-corrected chi connectivity index (χ4v) is 6.97. The summed E-state index contributed by atoms with van der Waals surface area (Å²) >= 11 is 0. The number of nitrogens with zero attached hydrogens (tertiary/aromatic N) is 2. The average molecular weight is 608 g/mol. The van der Waals surface area contributed by atoms with Gasteiger partial charge in [0.1, 0.15) is 34.4 Å². The second kappa shape index (κ2) is 13.6. The number of likely N-dealkylation sites (tertiary alicyclic amines) is 1. The number of amides is 2. The van der Waals surface area contributed by atoms with Crippen molar-refractivity contribution in [3.05, 3.63) is 53.6 Å². The lowest BCUT2D eigenvalue weighted by atomic mass is 9.77. The van der Waals surface area contributed by atoms with Crippen molar-refractivity contribution < 1.29 is 34.1 Å². The number of ether oxygens (including phenoxy) is 2. The van der Waals surface area contributed by atoms with Crippen molar-refractivity contribution in [3.63, 3.8) is 0 Å². The van der Waals surface area contributed by atoms with Crippen molar-refractivity contribution in [2.75, 3.05) is 26.7 Å². The highest BCUT2D eigenvalue weighted by atomic mass is 16.5. The van der Waals surface area contributed by atoms with E-state index < -0.39 is 23.2 Å². The Balaban J connectivity index is 1.21. The molecule has 1 spiro atoms. The summed E-state index contributed by atoms with van der Waals surface area (Å²) in [4.78, 5) is 43.4. The number of carboxylic acids is 1. The van der Waals surface area contributed by atoms with Gasteiger partial charge in [-0.2, -0.15) is 0 Å².